The van der Waals surface area contributed by atoms with Crippen molar-refractivity contribution in [2.45, 2.75) is 37.4 Å². The van der Waals surface area contributed by atoms with Gasteiger partial charge in [-0.3, -0.25) is 4.79 Å². The van der Waals surface area contributed by atoms with Crippen LogP contribution in [-0.2, 0) is 17.8 Å². The second kappa shape index (κ2) is 7.28. The van der Waals surface area contributed by atoms with Crippen LogP contribution in [0.15, 0.2) is 33.9 Å². The summed E-state index contributed by atoms with van der Waals surface area (Å²) in [5.74, 6) is 1.36. The first-order chi connectivity index (χ1) is 10.7. The van der Waals surface area contributed by atoms with Crippen LogP contribution in [0.5, 0.6) is 0 Å². The van der Waals surface area contributed by atoms with Gasteiger partial charge in [0.1, 0.15) is 5.82 Å². The topological polar surface area (TPSA) is 59.8 Å². The molecule has 1 aliphatic heterocycles. The van der Waals surface area contributed by atoms with E-state index in [0.717, 1.165) is 40.5 Å². The second-order valence-electron chi connectivity index (χ2n) is 5.20. The second-order valence-corrected chi connectivity index (χ2v) is 7.06. The summed E-state index contributed by atoms with van der Waals surface area (Å²) < 4.78 is 3.15. The summed E-state index contributed by atoms with van der Waals surface area (Å²) in [6.45, 7) is 0.957. The quantitative estimate of drug-likeness (QED) is 0.824. The smallest absolute Gasteiger partial charge is 0.234 e. The van der Waals surface area contributed by atoms with Gasteiger partial charge in [0, 0.05) is 23.1 Å². The molecule has 1 aromatic carbocycles. The van der Waals surface area contributed by atoms with Crippen molar-refractivity contribution in [2.24, 2.45) is 0 Å². The molecule has 22 heavy (non-hydrogen) atoms. The van der Waals surface area contributed by atoms with Gasteiger partial charge in [0.2, 0.25) is 5.91 Å². The average molecular weight is 381 g/mol. The maximum absolute atomic E-state index is 12.0. The molecule has 0 saturated carbocycles. The highest BCUT2D eigenvalue weighted by Gasteiger charge is 2.16. The molecule has 5 nitrogen and oxygen atoms in total. The van der Waals surface area contributed by atoms with Gasteiger partial charge in [-0.2, -0.15) is 0 Å². The molecule has 0 unspecified atom stereocenters. The molecule has 0 fully saturated rings. The fraction of sp³-hybridized carbons (Fsp3) is 0.400. The molecule has 116 valence electrons. The molecule has 0 atom stereocenters. The standard InChI is InChI=1S/C15H17BrN4OS/c16-11-5-7-12(8-6-11)17-14(21)10-22-15-19-18-13-4-2-1-3-9-20(13)15/h5-8H,1-4,9-10H2,(H,17,21). The van der Waals surface area contributed by atoms with Crippen LogP contribution < -0.4 is 5.32 Å². The fourth-order valence-electron chi connectivity index (χ4n) is 2.43. The number of rotatable bonds is 4. The van der Waals surface area contributed by atoms with Crippen LogP contribution >= 0.6 is 27.7 Å². The zero-order chi connectivity index (χ0) is 15.4. The van der Waals surface area contributed by atoms with E-state index in [1.165, 1.54) is 24.6 Å². The Hall–Kier alpha value is -1.34. The van der Waals surface area contributed by atoms with E-state index in [9.17, 15) is 4.79 Å². The van der Waals surface area contributed by atoms with Gasteiger partial charge >= 0.3 is 0 Å². The SMILES string of the molecule is O=C(CSc1nnc2n1CCCCC2)Nc1ccc(Br)cc1. The third-order valence-corrected chi connectivity index (χ3v) is 5.03. The van der Waals surface area contributed by atoms with E-state index in [4.69, 9.17) is 0 Å². The maximum Gasteiger partial charge on any atom is 0.234 e. The summed E-state index contributed by atoms with van der Waals surface area (Å²) in [5.41, 5.74) is 0.800. The van der Waals surface area contributed by atoms with Crippen molar-refractivity contribution in [3.05, 3.63) is 34.6 Å². The summed E-state index contributed by atoms with van der Waals surface area (Å²) in [4.78, 5) is 12.0. The van der Waals surface area contributed by atoms with Crippen molar-refractivity contribution in [1.29, 1.82) is 0 Å². The van der Waals surface area contributed by atoms with Gasteiger partial charge in [0.25, 0.3) is 0 Å². The molecule has 0 spiro atoms. The number of amides is 1. The van der Waals surface area contributed by atoms with Crippen LogP contribution in [0.1, 0.15) is 25.1 Å². The van der Waals surface area contributed by atoms with E-state index in [0.29, 0.717) is 5.75 Å². The molecule has 3 rings (SSSR count). The Bertz CT molecular complexity index is 656. The lowest BCUT2D eigenvalue weighted by Crippen LogP contribution is -2.14. The zero-order valence-electron chi connectivity index (χ0n) is 12.1. The number of benzene rings is 1. The lowest BCUT2D eigenvalue weighted by molar-refractivity contribution is -0.113. The zero-order valence-corrected chi connectivity index (χ0v) is 14.5. The van der Waals surface area contributed by atoms with Crippen LogP contribution in [0.2, 0.25) is 0 Å². The molecule has 0 saturated heterocycles. The molecule has 0 aliphatic carbocycles. The molecule has 2 aromatic rings. The van der Waals surface area contributed by atoms with E-state index >= 15 is 0 Å². The number of hydrogen-bond donors (Lipinski definition) is 1. The molecular weight excluding hydrogens is 364 g/mol. The number of nitrogens with zero attached hydrogens (tertiary/aromatic N) is 3. The first kappa shape index (κ1) is 15.6. The first-order valence-electron chi connectivity index (χ1n) is 7.33. The Morgan fingerprint density at radius 2 is 2.05 bits per heavy atom. The minimum absolute atomic E-state index is 0.0294. The number of fused-ring (bicyclic) bond motifs is 1. The third kappa shape index (κ3) is 3.89. The van der Waals surface area contributed by atoms with Gasteiger partial charge in [0.05, 0.1) is 5.75 Å². The summed E-state index contributed by atoms with van der Waals surface area (Å²) >= 11 is 4.82. The number of halogens is 1. The molecule has 1 amide bonds. The predicted octanol–water partition coefficient (Wildman–Crippen LogP) is 3.50. The predicted molar refractivity (Wildman–Crippen MR) is 91.1 cm³/mol. The number of carbonyl (C=O) groups excluding carboxylic acids is 1. The van der Waals surface area contributed by atoms with Crippen LogP contribution in [0.4, 0.5) is 5.69 Å². The van der Waals surface area contributed by atoms with Crippen molar-refractivity contribution in [2.75, 3.05) is 11.1 Å². The largest absolute Gasteiger partial charge is 0.325 e. The minimum Gasteiger partial charge on any atom is -0.325 e. The molecule has 1 aromatic heterocycles. The highest BCUT2D eigenvalue weighted by molar-refractivity contribution is 9.10. The molecule has 2 heterocycles. The Morgan fingerprint density at radius 3 is 2.86 bits per heavy atom. The van der Waals surface area contributed by atoms with Gasteiger partial charge in [0.15, 0.2) is 5.16 Å². The van der Waals surface area contributed by atoms with Gasteiger partial charge in [-0.15, -0.1) is 10.2 Å². The van der Waals surface area contributed by atoms with E-state index < -0.39 is 0 Å². The van der Waals surface area contributed by atoms with E-state index in [2.05, 4.69) is 36.0 Å². The van der Waals surface area contributed by atoms with Crippen LogP contribution in [0.3, 0.4) is 0 Å². The van der Waals surface area contributed by atoms with Crippen molar-refractivity contribution < 1.29 is 4.79 Å². The summed E-state index contributed by atoms with van der Waals surface area (Å²) in [6.07, 6.45) is 4.55. The summed E-state index contributed by atoms with van der Waals surface area (Å²) in [7, 11) is 0. The highest BCUT2D eigenvalue weighted by atomic mass is 79.9. The Kier molecular flexibility index (Phi) is 5.15. The van der Waals surface area contributed by atoms with Gasteiger partial charge in [-0.05, 0) is 37.1 Å². The van der Waals surface area contributed by atoms with E-state index in [1.807, 2.05) is 24.3 Å². The molecule has 0 radical (unpaired) electrons. The van der Waals surface area contributed by atoms with Gasteiger partial charge in [-0.25, -0.2) is 0 Å². The average Bonchev–Trinajstić information content (AvgIpc) is 2.75. The Labute approximate surface area is 142 Å². The van der Waals surface area contributed by atoms with Crippen molar-refractivity contribution >= 4 is 39.3 Å². The lowest BCUT2D eigenvalue weighted by atomic mass is 10.2. The van der Waals surface area contributed by atoms with E-state index in [-0.39, 0.29) is 5.91 Å². The van der Waals surface area contributed by atoms with Crippen LogP contribution in [0.25, 0.3) is 0 Å². The first-order valence-corrected chi connectivity index (χ1v) is 9.10. The number of aromatic nitrogens is 3. The fourth-order valence-corrected chi connectivity index (χ4v) is 3.47. The van der Waals surface area contributed by atoms with E-state index in [1.54, 1.807) is 0 Å². The monoisotopic (exact) mass is 380 g/mol. The number of thioether (sulfide) groups is 1. The summed E-state index contributed by atoms with van der Waals surface area (Å²) in [5, 5.41) is 12.2. The van der Waals surface area contributed by atoms with Gasteiger partial charge in [-0.1, -0.05) is 34.1 Å². The van der Waals surface area contributed by atoms with Crippen LogP contribution in [0, 0.1) is 0 Å². The third-order valence-electron chi connectivity index (χ3n) is 3.54. The number of aryl methyl sites for hydroxylation is 1. The lowest BCUT2D eigenvalue weighted by Gasteiger charge is -2.07. The van der Waals surface area contributed by atoms with Crippen molar-refractivity contribution in [1.82, 2.24) is 14.8 Å². The molecule has 0 bridgehead atoms. The minimum atomic E-state index is -0.0294. The Morgan fingerprint density at radius 1 is 1.23 bits per heavy atom. The maximum atomic E-state index is 12.0. The normalized spacial score (nSPS) is 14.2. The Balaban J connectivity index is 1.57. The molecule has 1 N–H and O–H groups in total. The molecule has 7 heteroatoms. The number of hydrogen-bond acceptors (Lipinski definition) is 4. The molecule has 1 aliphatic rings. The number of carbonyl (C=O) groups is 1. The molecular formula is C15H17BrN4OS. The van der Waals surface area contributed by atoms with Crippen molar-refractivity contribution in [3.63, 3.8) is 0 Å². The van der Waals surface area contributed by atoms with Gasteiger partial charge < -0.3 is 9.88 Å². The van der Waals surface area contributed by atoms with Crippen molar-refractivity contribution in [3.8, 4) is 0 Å². The van der Waals surface area contributed by atoms with Crippen LogP contribution in [-0.4, -0.2) is 26.4 Å². The highest BCUT2D eigenvalue weighted by Crippen LogP contribution is 2.22. The number of nitrogens with one attached hydrogen (secondary N) is 1. The summed E-state index contributed by atoms with van der Waals surface area (Å²) in [6, 6.07) is 7.55. The number of anilines is 1.